The Kier molecular flexibility index (Phi) is 6.53. The van der Waals surface area contributed by atoms with E-state index < -0.39 is 0 Å². The molecule has 1 aromatic heterocycles. The van der Waals surface area contributed by atoms with Gasteiger partial charge in [-0.2, -0.15) is 0 Å². The van der Waals surface area contributed by atoms with E-state index in [1.165, 1.54) is 15.8 Å². The number of aromatic nitrogens is 1. The Balaban J connectivity index is 1.93. The Labute approximate surface area is 154 Å². The van der Waals surface area contributed by atoms with E-state index in [1.54, 1.807) is 18.9 Å². The van der Waals surface area contributed by atoms with Crippen molar-refractivity contribution in [2.24, 2.45) is 0 Å². The van der Waals surface area contributed by atoms with E-state index in [9.17, 15) is 0 Å². The van der Waals surface area contributed by atoms with E-state index in [0.29, 0.717) is 12.6 Å². The zero-order chi connectivity index (χ0) is 17.6. The molecule has 0 saturated carbocycles. The molecular weight excluding hydrogens is 334 g/mol. The number of morpholine rings is 1. The van der Waals surface area contributed by atoms with Crippen LogP contribution in [0, 0.1) is 0 Å². The minimum Gasteiger partial charge on any atom is -0.383 e. The summed E-state index contributed by atoms with van der Waals surface area (Å²) in [6, 6.07) is 9.07. The first-order valence-corrected chi connectivity index (χ1v) is 9.96. The molecule has 1 atom stereocenters. The second kappa shape index (κ2) is 8.85. The zero-order valence-electron chi connectivity index (χ0n) is 15.2. The lowest BCUT2D eigenvalue weighted by Crippen LogP contribution is -2.38. The van der Waals surface area contributed by atoms with Gasteiger partial charge in [-0.05, 0) is 31.4 Å². The van der Waals surface area contributed by atoms with Crippen LogP contribution in [0.25, 0.3) is 10.9 Å². The van der Waals surface area contributed by atoms with E-state index in [2.05, 4.69) is 47.7 Å². The molecule has 2 aromatic rings. The Bertz CT molecular complexity index is 704. The fraction of sp³-hybridized carbons (Fsp3) is 0.526. The number of hydrogen-bond acceptors (Lipinski definition) is 6. The Hall–Kier alpha value is -1.34. The van der Waals surface area contributed by atoms with Crippen molar-refractivity contribution in [3.63, 3.8) is 0 Å². The van der Waals surface area contributed by atoms with Gasteiger partial charge in [0.25, 0.3) is 0 Å². The highest BCUT2D eigenvalue weighted by atomic mass is 32.2. The van der Waals surface area contributed by atoms with Crippen LogP contribution in [0.1, 0.15) is 12.5 Å². The molecule has 0 amide bonds. The molecule has 1 fully saturated rings. The summed E-state index contributed by atoms with van der Waals surface area (Å²) < 4.78 is 10.7. The van der Waals surface area contributed by atoms with Crippen molar-refractivity contribution >= 4 is 28.5 Å². The van der Waals surface area contributed by atoms with E-state index in [-0.39, 0.29) is 0 Å². The number of nitrogens with zero attached hydrogens (tertiary/aromatic N) is 2. The van der Waals surface area contributed by atoms with E-state index in [0.717, 1.165) is 44.2 Å². The Morgan fingerprint density at radius 2 is 2.12 bits per heavy atom. The first-order valence-electron chi connectivity index (χ1n) is 8.74. The standard InChI is InChI=1S/C19H27N3O2S/c1-14(13-23-2)20-12-16-10-15-4-5-17(25-3)11-18(15)21-19(16)22-6-8-24-9-7-22/h4-5,10-11,14,20H,6-9,12-13H2,1-3H3. The van der Waals surface area contributed by atoms with Crippen LogP contribution in [0.15, 0.2) is 29.2 Å². The molecule has 0 radical (unpaired) electrons. The van der Waals surface area contributed by atoms with E-state index in [4.69, 9.17) is 14.5 Å². The van der Waals surface area contributed by atoms with Gasteiger partial charge in [0.1, 0.15) is 5.82 Å². The molecule has 6 heteroatoms. The van der Waals surface area contributed by atoms with Crippen LogP contribution in [0.2, 0.25) is 0 Å². The second-order valence-corrected chi connectivity index (χ2v) is 7.25. The molecule has 1 unspecified atom stereocenters. The molecule has 0 spiro atoms. The molecular formula is C19H27N3O2S. The quantitative estimate of drug-likeness (QED) is 0.765. The third-order valence-electron chi connectivity index (χ3n) is 4.45. The number of anilines is 1. The van der Waals surface area contributed by atoms with Gasteiger partial charge in [-0.25, -0.2) is 4.98 Å². The summed E-state index contributed by atoms with van der Waals surface area (Å²) in [6.07, 6.45) is 2.10. The van der Waals surface area contributed by atoms with E-state index in [1.807, 2.05) is 0 Å². The van der Waals surface area contributed by atoms with Gasteiger partial charge in [0.05, 0.1) is 25.3 Å². The van der Waals surface area contributed by atoms with Gasteiger partial charge >= 0.3 is 0 Å². The number of nitrogens with one attached hydrogen (secondary N) is 1. The van der Waals surface area contributed by atoms with Gasteiger partial charge in [0.2, 0.25) is 0 Å². The van der Waals surface area contributed by atoms with Crippen LogP contribution in [0.4, 0.5) is 5.82 Å². The van der Waals surface area contributed by atoms with Gasteiger partial charge in [0.15, 0.2) is 0 Å². The highest BCUT2D eigenvalue weighted by molar-refractivity contribution is 7.98. The monoisotopic (exact) mass is 361 g/mol. The topological polar surface area (TPSA) is 46.6 Å². The average molecular weight is 362 g/mol. The SMILES string of the molecule is COCC(C)NCc1cc2ccc(SC)cc2nc1N1CCOCC1. The predicted octanol–water partition coefficient (Wildman–Crippen LogP) is 2.92. The molecule has 0 aliphatic carbocycles. The Morgan fingerprint density at radius 3 is 2.84 bits per heavy atom. The van der Waals surface area contributed by atoms with Gasteiger partial charge in [-0.15, -0.1) is 11.8 Å². The highest BCUT2D eigenvalue weighted by Gasteiger charge is 2.18. The molecule has 1 aliphatic heterocycles. The van der Waals surface area contributed by atoms with Crippen molar-refractivity contribution < 1.29 is 9.47 Å². The van der Waals surface area contributed by atoms with Crippen LogP contribution in [0.5, 0.6) is 0 Å². The van der Waals surface area contributed by atoms with E-state index >= 15 is 0 Å². The maximum absolute atomic E-state index is 5.51. The summed E-state index contributed by atoms with van der Waals surface area (Å²) in [5.74, 6) is 1.08. The van der Waals surface area contributed by atoms with Crippen LogP contribution >= 0.6 is 11.8 Å². The lowest BCUT2D eigenvalue weighted by atomic mass is 10.1. The first kappa shape index (κ1) is 18.5. The number of benzene rings is 1. The van der Waals surface area contributed by atoms with Crippen LogP contribution in [0.3, 0.4) is 0 Å². The van der Waals surface area contributed by atoms with Crippen molar-refractivity contribution in [1.29, 1.82) is 0 Å². The van der Waals surface area contributed by atoms with Crippen molar-refractivity contribution in [2.45, 2.75) is 24.4 Å². The number of fused-ring (bicyclic) bond motifs is 1. The smallest absolute Gasteiger partial charge is 0.133 e. The first-order chi connectivity index (χ1) is 12.2. The fourth-order valence-electron chi connectivity index (χ4n) is 3.08. The minimum absolute atomic E-state index is 0.303. The zero-order valence-corrected chi connectivity index (χ0v) is 16.1. The highest BCUT2D eigenvalue weighted by Crippen LogP contribution is 2.27. The summed E-state index contributed by atoms with van der Waals surface area (Å²) in [5.41, 5.74) is 2.29. The van der Waals surface area contributed by atoms with Gasteiger partial charge in [-0.3, -0.25) is 0 Å². The summed E-state index contributed by atoms with van der Waals surface area (Å²) in [7, 11) is 1.73. The van der Waals surface area contributed by atoms with Crippen molar-refractivity contribution in [3.8, 4) is 0 Å². The molecule has 3 rings (SSSR count). The summed E-state index contributed by atoms with van der Waals surface area (Å²) in [5, 5.41) is 4.73. The molecule has 2 heterocycles. The summed E-state index contributed by atoms with van der Waals surface area (Å²) in [6.45, 7) is 6.92. The molecule has 0 bridgehead atoms. The molecule has 25 heavy (non-hydrogen) atoms. The summed E-state index contributed by atoms with van der Waals surface area (Å²) >= 11 is 1.75. The maximum Gasteiger partial charge on any atom is 0.133 e. The van der Waals surface area contributed by atoms with Gasteiger partial charge in [0, 0.05) is 48.6 Å². The fourth-order valence-corrected chi connectivity index (χ4v) is 3.51. The van der Waals surface area contributed by atoms with Crippen molar-refractivity contribution in [2.75, 3.05) is 51.2 Å². The van der Waals surface area contributed by atoms with Gasteiger partial charge in [-0.1, -0.05) is 6.07 Å². The predicted molar refractivity (Wildman–Crippen MR) is 105 cm³/mol. The number of thioether (sulfide) groups is 1. The number of rotatable bonds is 7. The van der Waals surface area contributed by atoms with Crippen LogP contribution in [-0.4, -0.2) is 57.3 Å². The lowest BCUT2D eigenvalue weighted by Gasteiger charge is -2.30. The summed E-state index contributed by atoms with van der Waals surface area (Å²) in [4.78, 5) is 8.60. The normalized spacial score (nSPS) is 16.4. The lowest BCUT2D eigenvalue weighted by molar-refractivity contribution is 0.122. The van der Waals surface area contributed by atoms with Crippen LogP contribution in [-0.2, 0) is 16.0 Å². The largest absolute Gasteiger partial charge is 0.383 e. The minimum atomic E-state index is 0.303. The van der Waals surface area contributed by atoms with Crippen molar-refractivity contribution in [3.05, 3.63) is 29.8 Å². The molecule has 136 valence electrons. The number of pyridine rings is 1. The third kappa shape index (κ3) is 4.64. The average Bonchev–Trinajstić information content (AvgIpc) is 2.66. The number of hydrogen-bond donors (Lipinski definition) is 1. The number of methoxy groups -OCH3 is 1. The molecule has 1 aromatic carbocycles. The van der Waals surface area contributed by atoms with Crippen molar-refractivity contribution in [1.82, 2.24) is 10.3 Å². The maximum atomic E-state index is 5.51. The molecule has 1 N–H and O–H groups in total. The Morgan fingerprint density at radius 1 is 1.32 bits per heavy atom. The van der Waals surface area contributed by atoms with Gasteiger partial charge < -0.3 is 19.7 Å². The second-order valence-electron chi connectivity index (χ2n) is 6.37. The van der Waals surface area contributed by atoms with Crippen LogP contribution < -0.4 is 10.2 Å². The molecule has 1 saturated heterocycles. The third-order valence-corrected chi connectivity index (χ3v) is 5.17. The molecule has 5 nitrogen and oxygen atoms in total. The molecule has 1 aliphatic rings. The number of ether oxygens (including phenoxy) is 2.